The van der Waals surface area contributed by atoms with Gasteiger partial charge in [0.05, 0.1) is 17.3 Å². The van der Waals surface area contributed by atoms with E-state index in [2.05, 4.69) is 16.4 Å². The molecule has 1 heterocycles. The molecule has 1 atom stereocenters. The number of nitrogens with zero attached hydrogens (tertiary/aromatic N) is 4. The van der Waals surface area contributed by atoms with Gasteiger partial charge in [-0.3, -0.25) is 0 Å². The lowest BCUT2D eigenvalue weighted by Crippen LogP contribution is -2.26. The molecule has 0 aromatic heterocycles. The molecule has 0 fully saturated rings. The highest BCUT2D eigenvalue weighted by atomic mass is 15.7. The summed E-state index contributed by atoms with van der Waals surface area (Å²) in [5.41, 5.74) is 1.43. The monoisotopic (exact) mass is 161 g/mol. The summed E-state index contributed by atoms with van der Waals surface area (Å²) >= 11 is 0. The van der Waals surface area contributed by atoms with Gasteiger partial charge in [-0.05, 0) is 12.5 Å². The first-order valence-corrected chi connectivity index (χ1v) is 3.58. The second-order valence-corrected chi connectivity index (χ2v) is 2.64. The van der Waals surface area contributed by atoms with Gasteiger partial charge in [0.2, 0.25) is 0 Å². The first-order valence-electron chi connectivity index (χ1n) is 3.58. The van der Waals surface area contributed by atoms with Gasteiger partial charge in [0.15, 0.2) is 0 Å². The van der Waals surface area contributed by atoms with Gasteiger partial charge in [-0.1, -0.05) is 11.3 Å². The average molecular weight is 161 g/mol. The third kappa shape index (κ3) is 0.898. The van der Waals surface area contributed by atoms with Crippen LogP contribution in [-0.2, 0) is 0 Å². The Labute approximate surface area is 69.4 Å². The van der Waals surface area contributed by atoms with Gasteiger partial charge < -0.3 is 0 Å². The average Bonchev–Trinajstić information content (AvgIpc) is 2.47. The second-order valence-electron chi connectivity index (χ2n) is 2.64. The predicted molar refractivity (Wildman–Crippen MR) is 41.1 cm³/mol. The molecule has 0 unspecified atom stereocenters. The minimum atomic E-state index is 0.0205. The lowest BCUT2D eigenvalue weighted by molar-refractivity contribution is 0.386. The number of hydrazine groups is 1. The molecule has 0 saturated carbocycles. The van der Waals surface area contributed by atoms with Crippen LogP contribution in [0.1, 0.15) is 6.42 Å². The summed E-state index contributed by atoms with van der Waals surface area (Å²) in [6.45, 7) is 0. The zero-order valence-electron chi connectivity index (χ0n) is 6.31. The Hall–Kier alpha value is -1.67. The number of hydrogen-bond acceptors (Lipinski definition) is 5. The molecule has 0 saturated heterocycles. The molecule has 1 aliphatic carbocycles. The van der Waals surface area contributed by atoms with Crippen molar-refractivity contribution >= 4 is 0 Å². The highest BCUT2D eigenvalue weighted by Crippen LogP contribution is 2.26. The quantitative estimate of drug-likeness (QED) is 0.530. The summed E-state index contributed by atoms with van der Waals surface area (Å²) in [4.78, 5) is 0. The van der Waals surface area contributed by atoms with Crippen LogP contribution in [0, 0.1) is 11.3 Å². The van der Waals surface area contributed by atoms with Gasteiger partial charge in [-0.25, -0.2) is 5.84 Å². The molecule has 0 aromatic carbocycles. The van der Waals surface area contributed by atoms with E-state index in [0.717, 1.165) is 5.70 Å². The summed E-state index contributed by atoms with van der Waals surface area (Å²) in [6, 6.07) is 2.08. The second kappa shape index (κ2) is 2.43. The molecule has 0 spiro atoms. The van der Waals surface area contributed by atoms with Gasteiger partial charge in [0.25, 0.3) is 0 Å². The summed E-state index contributed by atoms with van der Waals surface area (Å²) in [7, 11) is 0. The van der Waals surface area contributed by atoms with Gasteiger partial charge in [-0.2, -0.15) is 15.5 Å². The summed E-state index contributed by atoms with van der Waals surface area (Å²) < 4.78 is 0. The van der Waals surface area contributed by atoms with Crippen LogP contribution in [0.3, 0.4) is 0 Å². The fraction of sp³-hybridized carbons (Fsp3) is 0.286. The van der Waals surface area contributed by atoms with Crippen molar-refractivity contribution in [1.29, 1.82) is 5.26 Å². The van der Waals surface area contributed by atoms with Crippen LogP contribution in [0.15, 0.2) is 33.8 Å². The van der Waals surface area contributed by atoms with E-state index < -0.39 is 0 Å². The zero-order chi connectivity index (χ0) is 8.55. The number of allylic oxidation sites excluding steroid dienone is 2. The van der Waals surface area contributed by atoms with E-state index in [1.807, 2.05) is 6.08 Å². The first kappa shape index (κ1) is 7.00. The molecule has 5 nitrogen and oxygen atoms in total. The highest BCUT2D eigenvalue weighted by Gasteiger charge is 2.26. The third-order valence-electron chi connectivity index (χ3n) is 1.89. The number of fused-ring (bicyclic) bond motifs is 1. The molecule has 2 rings (SSSR count). The van der Waals surface area contributed by atoms with Crippen LogP contribution < -0.4 is 5.84 Å². The molecule has 0 aromatic rings. The molecule has 0 bridgehead atoms. The zero-order valence-corrected chi connectivity index (χ0v) is 6.31. The van der Waals surface area contributed by atoms with E-state index >= 15 is 0 Å². The summed E-state index contributed by atoms with van der Waals surface area (Å²) in [6.07, 6.45) is 4.27. The van der Waals surface area contributed by atoms with Crippen molar-refractivity contribution in [1.82, 2.24) is 5.12 Å². The van der Waals surface area contributed by atoms with E-state index in [9.17, 15) is 0 Å². The van der Waals surface area contributed by atoms with E-state index in [-0.39, 0.29) is 6.04 Å². The molecule has 60 valence electrons. The molecular formula is C7H7N5. The third-order valence-corrected chi connectivity index (χ3v) is 1.89. The number of rotatable bonds is 0. The highest BCUT2D eigenvalue weighted by molar-refractivity contribution is 5.40. The fourth-order valence-electron chi connectivity index (χ4n) is 1.25. The van der Waals surface area contributed by atoms with Gasteiger partial charge in [0.1, 0.15) is 6.04 Å². The van der Waals surface area contributed by atoms with Gasteiger partial charge in [-0.15, -0.1) is 0 Å². The molecule has 5 heteroatoms. The molecule has 2 N–H and O–H groups in total. The van der Waals surface area contributed by atoms with Crippen molar-refractivity contribution in [3.8, 4) is 6.07 Å². The lowest BCUT2D eigenvalue weighted by Gasteiger charge is -2.14. The maximum absolute atomic E-state index is 8.61. The van der Waals surface area contributed by atoms with Crippen molar-refractivity contribution in [2.45, 2.75) is 12.5 Å². The largest absolute Gasteiger partial charge is 0.225 e. The lowest BCUT2D eigenvalue weighted by atomic mass is 10.0. The maximum atomic E-state index is 8.61. The fourth-order valence-corrected chi connectivity index (χ4v) is 1.25. The minimum absolute atomic E-state index is 0.0205. The van der Waals surface area contributed by atoms with Crippen molar-refractivity contribution < 1.29 is 0 Å². The Morgan fingerprint density at radius 1 is 1.75 bits per heavy atom. The Balaban J connectivity index is 2.33. The Morgan fingerprint density at radius 2 is 2.58 bits per heavy atom. The Bertz CT molecular complexity index is 332. The molecular weight excluding hydrogens is 154 g/mol. The molecule has 0 radical (unpaired) electrons. The van der Waals surface area contributed by atoms with E-state index in [1.165, 1.54) is 5.12 Å². The van der Waals surface area contributed by atoms with E-state index in [0.29, 0.717) is 12.0 Å². The van der Waals surface area contributed by atoms with E-state index in [1.54, 1.807) is 6.08 Å². The number of hydrogen-bond donors (Lipinski definition) is 1. The molecule has 2 aliphatic rings. The van der Waals surface area contributed by atoms with Crippen LogP contribution in [-0.4, -0.2) is 11.2 Å². The number of nitrogens with two attached hydrogens (primary N) is 1. The Morgan fingerprint density at radius 3 is 3.33 bits per heavy atom. The maximum Gasteiger partial charge on any atom is 0.120 e. The summed E-state index contributed by atoms with van der Waals surface area (Å²) in [5, 5.41) is 17.4. The normalized spacial score (nSPS) is 26.0. The minimum Gasteiger partial charge on any atom is -0.225 e. The van der Waals surface area contributed by atoms with Crippen LogP contribution in [0.25, 0.3) is 0 Å². The van der Waals surface area contributed by atoms with Crippen molar-refractivity contribution in [2.75, 3.05) is 0 Å². The first-order chi connectivity index (χ1) is 5.81. The van der Waals surface area contributed by atoms with Crippen molar-refractivity contribution in [3.05, 3.63) is 23.4 Å². The van der Waals surface area contributed by atoms with Crippen LogP contribution in [0.5, 0.6) is 0 Å². The number of nitriles is 1. The van der Waals surface area contributed by atoms with Crippen LogP contribution >= 0.6 is 0 Å². The van der Waals surface area contributed by atoms with Gasteiger partial charge in [0, 0.05) is 0 Å². The SMILES string of the molecule is N#CC1=CC[C@H]2N=NN(N)C2=C1. The Kier molecular flexibility index (Phi) is 1.42. The smallest absolute Gasteiger partial charge is 0.120 e. The van der Waals surface area contributed by atoms with E-state index in [4.69, 9.17) is 11.1 Å². The molecule has 1 aliphatic heterocycles. The molecule has 12 heavy (non-hydrogen) atoms. The topological polar surface area (TPSA) is 77.8 Å². The van der Waals surface area contributed by atoms with Crippen molar-refractivity contribution in [2.24, 2.45) is 16.2 Å². The standard InChI is InChI=1S/C7H7N5/c8-4-5-1-2-6-7(3-5)12(9)11-10-6/h1,3,6H,2,9H2/t6-/m1/s1. The molecule has 0 amide bonds. The van der Waals surface area contributed by atoms with Crippen molar-refractivity contribution in [3.63, 3.8) is 0 Å². The summed E-state index contributed by atoms with van der Waals surface area (Å²) in [5.74, 6) is 5.47. The van der Waals surface area contributed by atoms with Crippen LogP contribution in [0.4, 0.5) is 0 Å². The van der Waals surface area contributed by atoms with Gasteiger partial charge >= 0.3 is 0 Å². The van der Waals surface area contributed by atoms with Crippen LogP contribution in [0.2, 0.25) is 0 Å². The predicted octanol–water partition coefficient (Wildman–Crippen LogP) is 0.649.